The number of anilines is 3. The Kier molecular flexibility index (Phi) is 5.61. The summed E-state index contributed by atoms with van der Waals surface area (Å²) in [7, 11) is 0. The Bertz CT molecular complexity index is 895. The summed E-state index contributed by atoms with van der Waals surface area (Å²) in [6.45, 7) is 3.89. The first-order chi connectivity index (χ1) is 13.0. The summed E-state index contributed by atoms with van der Waals surface area (Å²) in [5.74, 6) is 0.503. The zero-order valence-corrected chi connectivity index (χ0v) is 14.9. The lowest BCUT2D eigenvalue weighted by atomic mass is 10.3. The molecule has 2 N–H and O–H groups in total. The van der Waals surface area contributed by atoms with Crippen LogP contribution in [0.5, 0.6) is 5.75 Å². The van der Waals surface area contributed by atoms with Crippen LogP contribution in [0.4, 0.5) is 21.6 Å². The molecule has 3 rings (SSSR count). The van der Waals surface area contributed by atoms with Gasteiger partial charge in [-0.25, -0.2) is 14.4 Å². The first-order valence-electron chi connectivity index (χ1n) is 8.42. The van der Waals surface area contributed by atoms with Crippen molar-refractivity contribution in [2.24, 2.45) is 0 Å². The number of aromatic nitrogens is 2. The van der Waals surface area contributed by atoms with Gasteiger partial charge in [-0.3, -0.25) is 4.79 Å². The lowest BCUT2D eigenvalue weighted by molar-refractivity contribution is 0.102. The summed E-state index contributed by atoms with van der Waals surface area (Å²) in [4.78, 5) is 20.5. The van der Waals surface area contributed by atoms with Crippen molar-refractivity contribution in [1.29, 1.82) is 0 Å². The van der Waals surface area contributed by atoms with E-state index in [1.54, 1.807) is 36.4 Å². The minimum atomic E-state index is -0.367. The van der Waals surface area contributed by atoms with Gasteiger partial charge in [0.05, 0.1) is 18.5 Å². The van der Waals surface area contributed by atoms with Gasteiger partial charge in [0.1, 0.15) is 23.1 Å². The zero-order valence-electron chi connectivity index (χ0n) is 14.9. The van der Waals surface area contributed by atoms with Crippen LogP contribution in [0.25, 0.3) is 0 Å². The molecule has 0 aliphatic rings. The van der Waals surface area contributed by atoms with Crippen LogP contribution in [0.2, 0.25) is 0 Å². The summed E-state index contributed by atoms with van der Waals surface area (Å²) in [6, 6.07) is 13.0. The average Bonchev–Trinajstić information content (AvgIpc) is 2.65. The highest BCUT2D eigenvalue weighted by Gasteiger charge is 2.09. The summed E-state index contributed by atoms with van der Waals surface area (Å²) >= 11 is 0. The number of hydrogen-bond donors (Lipinski definition) is 2. The molecule has 0 unspecified atom stereocenters. The predicted octanol–water partition coefficient (Wildman–Crippen LogP) is 4.40. The number of nitrogens with zero attached hydrogens (tertiary/aromatic N) is 2. The Morgan fingerprint density at radius 3 is 2.22 bits per heavy atom. The van der Waals surface area contributed by atoms with E-state index in [-0.39, 0.29) is 23.5 Å². The summed E-state index contributed by atoms with van der Waals surface area (Å²) in [5, 5.41) is 5.74. The highest BCUT2D eigenvalue weighted by atomic mass is 19.1. The molecule has 1 amide bonds. The molecule has 6 nitrogen and oxygen atoms in total. The fourth-order valence-electron chi connectivity index (χ4n) is 2.28. The number of halogens is 1. The first kappa shape index (κ1) is 18.3. The van der Waals surface area contributed by atoms with Crippen molar-refractivity contribution < 1.29 is 13.9 Å². The van der Waals surface area contributed by atoms with Crippen LogP contribution < -0.4 is 15.4 Å². The van der Waals surface area contributed by atoms with Gasteiger partial charge in [-0.05, 0) is 62.4 Å². The second-order valence-corrected chi connectivity index (χ2v) is 6.06. The Morgan fingerprint density at radius 1 is 0.963 bits per heavy atom. The third-order valence-corrected chi connectivity index (χ3v) is 3.49. The van der Waals surface area contributed by atoms with E-state index < -0.39 is 0 Å². The van der Waals surface area contributed by atoms with Crippen molar-refractivity contribution in [3.05, 3.63) is 72.4 Å². The molecule has 2 aromatic carbocycles. The highest BCUT2D eigenvalue weighted by Crippen LogP contribution is 2.18. The predicted molar refractivity (Wildman–Crippen MR) is 102 cm³/mol. The largest absolute Gasteiger partial charge is 0.491 e. The van der Waals surface area contributed by atoms with Gasteiger partial charge >= 0.3 is 0 Å². The number of hydrogen-bond acceptors (Lipinski definition) is 5. The average molecular weight is 366 g/mol. The number of nitrogens with one attached hydrogen (secondary N) is 2. The van der Waals surface area contributed by atoms with Crippen molar-refractivity contribution in [2.45, 2.75) is 20.0 Å². The molecule has 0 spiro atoms. The van der Waals surface area contributed by atoms with E-state index in [9.17, 15) is 9.18 Å². The maximum Gasteiger partial charge on any atom is 0.275 e. The SMILES string of the molecule is CC(C)Oc1ccc(NC(=O)c2cnc(Nc3ccc(F)cc3)cn2)cc1. The van der Waals surface area contributed by atoms with E-state index in [0.717, 1.165) is 5.75 Å². The van der Waals surface area contributed by atoms with E-state index in [1.807, 2.05) is 13.8 Å². The zero-order chi connectivity index (χ0) is 19.2. The van der Waals surface area contributed by atoms with Crippen molar-refractivity contribution in [3.8, 4) is 5.75 Å². The van der Waals surface area contributed by atoms with Gasteiger partial charge in [0.2, 0.25) is 0 Å². The first-order valence-corrected chi connectivity index (χ1v) is 8.42. The minimum Gasteiger partial charge on any atom is -0.491 e. The lowest BCUT2D eigenvalue weighted by Crippen LogP contribution is -2.14. The lowest BCUT2D eigenvalue weighted by Gasteiger charge is -2.10. The normalized spacial score (nSPS) is 10.5. The number of rotatable bonds is 6. The number of amides is 1. The van der Waals surface area contributed by atoms with Gasteiger partial charge in [-0.15, -0.1) is 0 Å². The molecule has 0 atom stereocenters. The van der Waals surface area contributed by atoms with E-state index in [1.165, 1.54) is 24.5 Å². The van der Waals surface area contributed by atoms with E-state index in [2.05, 4.69) is 20.6 Å². The number of carbonyl (C=O) groups excluding carboxylic acids is 1. The van der Waals surface area contributed by atoms with Crippen molar-refractivity contribution in [1.82, 2.24) is 9.97 Å². The Labute approximate surface area is 156 Å². The molecule has 7 heteroatoms. The topological polar surface area (TPSA) is 76.1 Å². The van der Waals surface area contributed by atoms with E-state index in [4.69, 9.17) is 4.74 Å². The van der Waals surface area contributed by atoms with E-state index >= 15 is 0 Å². The number of benzene rings is 2. The van der Waals surface area contributed by atoms with Crippen molar-refractivity contribution >= 4 is 23.1 Å². The molecule has 1 heterocycles. The molecule has 0 aliphatic heterocycles. The Hall–Kier alpha value is -3.48. The molecule has 0 bridgehead atoms. The molecule has 0 saturated heterocycles. The summed E-state index contributed by atoms with van der Waals surface area (Å²) in [6.07, 6.45) is 2.90. The molecule has 0 aliphatic carbocycles. The molecule has 0 saturated carbocycles. The maximum absolute atomic E-state index is 12.9. The van der Waals surface area contributed by atoms with Gasteiger partial charge < -0.3 is 15.4 Å². The molecule has 0 radical (unpaired) electrons. The van der Waals surface area contributed by atoms with Crippen LogP contribution in [0.1, 0.15) is 24.3 Å². The van der Waals surface area contributed by atoms with Gasteiger partial charge in [0.25, 0.3) is 5.91 Å². The molecular weight excluding hydrogens is 347 g/mol. The quantitative estimate of drug-likeness (QED) is 0.676. The molecule has 138 valence electrons. The highest BCUT2D eigenvalue weighted by molar-refractivity contribution is 6.02. The monoisotopic (exact) mass is 366 g/mol. The molecule has 27 heavy (non-hydrogen) atoms. The number of ether oxygens (including phenoxy) is 1. The molecule has 1 aromatic heterocycles. The Morgan fingerprint density at radius 2 is 1.63 bits per heavy atom. The third-order valence-electron chi connectivity index (χ3n) is 3.49. The van der Waals surface area contributed by atoms with Gasteiger partial charge in [0.15, 0.2) is 0 Å². The fourth-order valence-corrected chi connectivity index (χ4v) is 2.28. The second-order valence-electron chi connectivity index (χ2n) is 6.06. The van der Waals surface area contributed by atoms with Crippen LogP contribution >= 0.6 is 0 Å². The van der Waals surface area contributed by atoms with Gasteiger partial charge in [-0.1, -0.05) is 0 Å². The minimum absolute atomic E-state index is 0.0859. The van der Waals surface area contributed by atoms with Crippen LogP contribution in [-0.4, -0.2) is 22.0 Å². The van der Waals surface area contributed by atoms with Crippen LogP contribution in [0, 0.1) is 5.82 Å². The van der Waals surface area contributed by atoms with Crippen molar-refractivity contribution in [3.63, 3.8) is 0 Å². The third kappa shape index (κ3) is 5.24. The van der Waals surface area contributed by atoms with E-state index in [0.29, 0.717) is 17.2 Å². The maximum atomic E-state index is 12.9. The molecule has 3 aromatic rings. The Balaban J connectivity index is 1.60. The summed E-state index contributed by atoms with van der Waals surface area (Å²) in [5.41, 5.74) is 1.49. The smallest absolute Gasteiger partial charge is 0.275 e. The van der Waals surface area contributed by atoms with Gasteiger partial charge in [-0.2, -0.15) is 0 Å². The van der Waals surface area contributed by atoms with Crippen molar-refractivity contribution in [2.75, 3.05) is 10.6 Å². The van der Waals surface area contributed by atoms with Crippen LogP contribution in [-0.2, 0) is 0 Å². The second kappa shape index (κ2) is 8.27. The van der Waals surface area contributed by atoms with Crippen LogP contribution in [0.15, 0.2) is 60.9 Å². The van der Waals surface area contributed by atoms with Gasteiger partial charge in [0, 0.05) is 11.4 Å². The molecular formula is C20H19FN4O2. The molecule has 0 fully saturated rings. The fraction of sp³-hybridized carbons (Fsp3) is 0.150. The standard InChI is InChI=1S/C20H19FN4O2/c1-13(2)27-17-9-7-16(8-10-17)25-20(26)18-11-23-19(12-22-18)24-15-5-3-14(21)4-6-15/h3-13H,1-2H3,(H,23,24)(H,25,26). The van der Waals surface area contributed by atoms with Crippen LogP contribution in [0.3, 0.4) is 0 Å². The summed E-state index contributed by atoms with van der Waals surface area (Å²) < 4.78 is 18.5. The number of carbonyl (C=O) groups is 1.